The predicted molar refractivity (Wildman–Crippen MR) is 50.1 cm³/mol. The molecule has 0 aliphatic rings. The SMILES string of the molecule is O=S(O)(O)=S.O=S([O-])(O)=S.S.[Na+]. The van der Waals surface area contributed by atoms with Crippen molar-refractivity contribution in [2.75, 3.05) is 0 Å². The molecule has 0 aliphatic heterocycles. The van der Waals surface area contributed by atoms with Crippen molar-refractivity contribution in [1.82, 2.24) is 0 Å². The van der Waals surface area contributed by atoms with Gasteiger partial charge in [-0.3, -0.25) is 9.11 Å². The molecule has 0 aromatic heterocycles. The quantitative estimate of drug-likeness (QED) is 0.387. The van der Waals surface area contributed by atoms with Gasteiger partial charge in [0.2, 0.25) is 0 Å². The first-order valence-corrected chi connectivity index (χ1v) is 6.14. The maximum atomic E-state index is 9.11. The number of hydrogen-bond acceptors (Lipinski definition) is 5. The summed E-state index contributed by atoms with van der Waals surface area (Å²) in [4.78, 5) is 0. The Balaban J connectivity index is -0.0000000457. The van der Waals surface area contributed by atoms with Gasteiger partial charge in [0.1, 0.15) is 0 Å². The van der Waals surface area contributed by atoms with Gasteiger partial charge < -0.3 is 9.11 Å². The van der Waals surface area contributed by atoms with E-state index in [0.29, 0.717) is 0 Å². The average Bonchev–Trinajstić information content (AvgIpc) is 1.12. The van der Waals surface area contributed by atoms with Gasteiger partial charge >= 0.3 is 29.6 Å². The van der Waals surface area contributed by atoms with Crippen LogP contribution in [0.2, 0.25) is 0 Å². The normalized spacial score (nSPS) is 13.7. The summed E-state index contributed by atoms with van der Waals surface area (Å²) in [6.07, 6.45) is 0. The second kappa shape index (κ2) is 9.48. The molecule has 0 aromatic carbocycles. The van der Waals surface area contributed by atoms with Gasteiger partial charge in [0.05, 0.1) is 9.05 Å². The molecular weight excluding hydrogens is 279 g/mol. The van der Waals surface area contributed by atoms with Crippen LogP contribution in [0.25, 0.3) is 0 Å². The first-order valence-electron chi connectivity index (χ1n) is 1.38. The third-order valence-corrected chi connectivity index (χ3v) is 0. The summed E-state index contributed by atoms with van der Waals surface area (Å²) >= 11 is 6.82. The minimum atomic E-state index is -4.08. The monoisotopic (exact) mass is 284 g/mol. The van der Waals surface area contributed by atoms with Crippen molar-refractivity contribution in [3.63, 3.8) is 0 Å². The number of hydrogen-bond donors (Lipinski definition) is 3. The van der Waals surface area contributed by atoms with E-state index in [1.807, 2.05) is 0 Å². The summed E-state index contributed by atoms with van der Waals surface area (Å²) < 4.78 is 49.3. The Bertz CT molecular complexity index is 212. The van der Waals surface area contributed by atoms with Gasteiger partial charge in [-0.1, -0.05) is 0 Å². The zero-order valence-corrected chi connectivity index (χ0v) is 12.0. The van der Waals surface area contributed by atoms with Gasteiger partial charge in [-0.2, -0.15) is 17.7 Å². The molecule has 6 nitrogen and oxygen atoms in total. The first kappa shape index (κ1) is 23.6. The topological polar surface area (TPSA) is 118 Å². The molecule has 0 saturated carbocycles. The van der Waals surface area contributed by atoms with E-state index in [2.05, 4.69) is 22.4 Å². The molecule has 0 amide bonds. The van der Waals surface area contributed by atoms with E-state index in [9.17, 15) is 0 Å². The van der Waals surface area contributed by atoms with Crippen LogP contribution in [0.15, 0.2) is 0 Å². The van der Waals surface area contributed by atoms with Crippen LogP contribution in [0.4, 0.5) is 0 Å². The molecule has 3 N–H and O–H groups in total. The summed E-state index contributed by atoms with van der Waals surface area (Å²) in [5.41, 5.74) is 0. The Morgan fingerprint density at radius 2 is 1.08 bits per heavy atom. The molecule has 0 bridgehead atoms. The first-order chi connectivity index (χ1) is 4.00. The van der Waals surface area contributed by atoms with Crippen molar-refractivity contribution in [3.8, 4) is 0 Å². The molecule has 0 aliphatic carbocycles. The minimum absolute atomic E-state index is 0. The zero-order valence-electron chi connectivity index (χ0n) is 5.70. The van der Waals surface area contributed by atoms with Crippen molar-refractivity contribution >= 4 is 54.0 Å². The van der Waals surface area contributed by atoms with Gasteiger partial charge in [0.25, 0.3) is 9.05 Å². The van der Waals surface area contributed by atoms with E-state index < -0.39 is 18.1 Å². The molecule has 0 fully saturated rings. The van der Waals surface area contributed by atoms with Gasteiger partial charge in [0, 0.05) is 11.2 Å². The van der Waals surface area contributed by atoms with Crippen molar-refractivity contribution < 1.29 is 56.2 Å². The smallest absolute Gasteiger partial charge is 0.748 e. The van der Waals surface area contributed by atoms with Crippen LogP contribution in [0.1, 0.15) is 0 Å². The molecule has 12 heavy (non-hydrogen) atoms. The molecule has 1 atom stereocenters. The Morgan fingerprint density at radius 1 is 1.08 bits per heavy atom. The van der Waals surface area contributed by atoms with Gasteiger partial charge in [0.15, 0.2) is 0 Å². The van der Waals surface area contributed by atoms with Crippen molar-refractivity contribution in [1.29, 1.82) is 0 Å². The molecule has 0 saturated heterocycles. The van der Waals surface area contributed by atoms with Crippen LogP contribution in [-0.4, -0.2) is 26.6 Å². The van der Waals surface area contributed by atoms with Crippen LogP contribution in [0.5, 0.6) is 0 Å². The van der Waals surface area contributed by atoms with Crippen LogP contribution in [-0.2, 0) is 40.5 Å². The van der Waals surface area contributed by atoms with E-state index >= 15 is 0 Å². The van der Waals surface area contributed by atoms with Crippen molar-refractivity contribution in [2.24, 2.45) is 0 Å². The fraction of sp³-hybridized carbons (Fsp3) is 0. The molecule has 12 heteroatoms. The Labute approximate surface area is 109 Å². The molecule has 0 aromatic rings. The van der Waals surface area contributed by atoms with Crippen LogP contribution >= 0.6 is 13.5 Å². The zero-order chi connectivity index (χ0) is 9.00. The second-order valence-corrected chi connectivity index (χ2v) is 5.19. The van der Waals surface area contributed by atoms with Crippen molar-refractivity contribution in [3.05, 3.63) is 0 Å². The Morgan fingerprint density at radius 3 is 1.08 bits per heavy atom. The summed E-state index contributed by atoms with van der Waals surface area (Å²) in [6.45, 7) is 0. The van der Waals surface area contributed by atoms with E-state index in [4.69, 9.17) is 26.6 Å². The predicted octanol–water partition coefficient (Wildman–Crippen LogP) is -3.87. The van der Waals surface area contributed by atoms with Crippen molar-refractivity contribution in [2.45, 2.75) is 0 Å². The summed E-state index contributed by atoms with van der Waals surface area (Å²) in [7, 11) is -7.92. The third kappa shape index (κ3) is 383. The van der Waals surface area contributed by atoms with Crippen LogP contribution < -0.4 is 29.6 Å². The minimum Gasteiger partial charge on any atom is -0.748 e. The standard InChI is InChI=1S/Na.2H2O3S2.H2S/c;2*1-5(2,3)4;/h;2*(H2,1,2,3,4);1H2/q+1;;;/p-1. The largest absolute Gasteiger partial charge is 1.00 e. The average molecular weight is 284 g/mol. The van der Waals surface area contributed by atoms with Gasteiger partial charge in [-0.05, 0) is 11.2 Å². The molecule has 0 spiro atoms. The molecule has 1 unspecified atom stereocenters. The van der Waals surface area contributed by atoms with E-state index in [-0.39, 0.29) is 43.1 Å². The fourth-order valence-corrected chi connectivity index (χ4v) is 0. The van der Waals surface area contributed by atoms with Crippen LogP contribution in [0.3, 0.4) is 0 Å². The van der Waals surface area contributed by atoms with Gasteiger partial charge in [-0.15, -0.1) is 0 Å². The van der Waals surface area contributed by atoms with Gasteiger partial charge in [-0.25, -0.2) is 4.21 Å². The Kier molecular flexibility index (Phi) is 18.7. The molecule has 0 rings (SSSR count). The number of rotatable bonds is 0. The summed E-state index contributed by atoms with van der Waals surface area (Å²) in [5, 5.41) is 0. The molecule has 0 heterocycles. The Hall–Kier alpha value is 1.93. The second-order valence-electron chi connectivity index (χ2n) is 0.876. The third-order valence-electron chi connectivity index (χ3n) is 0. The molecule has 0 radical (unpaired) electrons. The summed E-state index contributed by atoms with van der Waals surface area (Å²) in [6, 6.07) is 0. The van der Waals surface area contributed by atoms with E-state index in [1.54, 1.807) is 0 Å². The summed E-state index contributed by atoms with van der Waals surface area (Å²) in [5.74, 6) is 0. The maximum Gasteiger partial charge on any atom is 1.00 e. The molecular formula is H5NaO6S5. The molecule has 72 valence electrons. The van der Waals surface area contributed by atoms with E-state index in [0.717, 1.165) is 0 Å². The van der Waals surface area contributed by atoms with E-state index in [1.165, 1.54) is 0 Å². The van der Waals surface area contributed by atoms with Crippen LogP contribution in [0, 0.1) is 0 Å². The maximum absolute atomic E-state index is 9.11. The fourth-order valence-electron chi connectivity index (χ4n) is 0.